The summed E-state index contributed by atoms with van der Waals surface area (Å²) < 4.78 is 73.6. The van der Waals surface area contributed by atoms with Crippen molar-refractivity contribution in [3.63, 3.8) is 0 Å². The van der Waals surface area contributed by atoms with Gasteiger partial charge in [-0.1, -0.05) is 5.16 Å². The van der Waals surface area contributed by atoms with Crippen LogP contribution < -0.4 is 4.74 Å². The summed E-state index contributed by atoms with van der Waals surface area (Å²) in [6.45, 7) is 1.47. The molecule has 3 atom stereocenters. The van der Waals surface area contributed by atoms with E-state index in [1.807, 2.05) is 0 Å². The molecule has 0 radical (unpaired) electrons. The smallest absolute Gasteiger partial charge is 0.425 e. The van der Waals surface area contributed by atoms with Crippen LogP contribution in [0.15, 0.2) is 27.6 Å². The third-order valence-electron chi connectivity index (χ3n) is 6.62. The van der Waals surface area contributed by atoms with Gasteiger partial charge in [0.1, 0.15) is 5.75 Å². The zero-order valence-electron chi connectivity index (χ0n) is 17.9. The predicted octanol–water partition coefficient (Wildman–Crippen LogP) is 3.09. The number of carbonyl (C=O) groups excluding carboxylic acids is 1. The topological polar surface area (TPSA) is 103 Å². The van der Waals surface area contributed by atoms with Crippen molar-refractivity contribution in [3.05, 3.63) is 35.5 Å². The van der Waals surface area contributed by atoms with Gasteiger partial charge in [0.15, 0.2) is 21.8 Å². The van der Waals surface area contributed by atoms with Crippen molar-refractivity contribution in [2.45, 2.75) is 54.7 Å². The van der Waals surface area contributed by atoms with E-state index >= 15 is 0 Å². The zero-order valence-corrected chi connectivity index (χ0v) is 18.7. The van der Waals surface area contributed by atoms with E-state index in [0.717, 1.165) is 50.6 Å². The molecule has 8 nitrogen and oxygen atoms in total. The van der Waals surface area contributed by atoms with E-state index in [4.69, 9.17) is 9.26 Å². The van der Waals surface area contributed by atoms with Crippen molar-refractivity contribution >= 4 is 15.7 Å². The second-order valence-corrected chi connectivity index (χ2v) is 11.2. The SMILES string of the molecule is C[C@@H](Oc1ccc(S(C)(=O)=O)cc1C(=O)N1CC2C[C@]2(c2noc(C3CC3)n2)C1)C(F)(F)F. The van der Waals surface area contributed by atoms with E-state index in [1.54, 1.807) is 0 Å². The summed E-state index contributed by atoms with van der Waals surface area (Å²) >= 11 is 0. The molecule has 1 aromatic carbocycles. The minimum atomic E-state index is -4.65. The molecule has 3 aliphatic rings. The highest BCUT2D eigenvalue weighted by Crippen LogP contribution is 2.58. The molecule has 5 rings (SSSR count). The first-order chi connectivity index (χ1) is 15.4. The van der Waals surface area contributed by atoms with Crippen LogP contribution in [-0.4, -0.2) is 61.0 Å². The molecule has 2 heterocycles. The van der Waals surface area contributed by atoms with Crippen LogP contribution in [0.3, 0.4) is 0 Å². The summed E-state index contributed by atoms with van der Waals surface area (Å²) in [5.74, 6) is 0.657. The average molecular weight is 485 g/mol. The van der Waals surface area contributed by atoms with E-state index < -0.39 is 33.4 Å². The number of halogens is 3. The first-order valence-electron chi connectivity index (χ1n) is 10.6. The molecule has 1 saturated heterocycles. The molecule has 12 heteroatoms. The van der Waals surface area contributed by atoms with Crippen LogP contribution in [0.4, 0.5) is 13.2 Å². The fourth-order valence-electron chi connectivity index (χ4n) is 4.35. The number of ether oxygens (including phenoxy) is 1. The number of fused-ring (bicyclic) bond motifs is 1. The number of benzene rings is 1. The van der Waals surface area contributed by atoms with Gasteiger partial charge in [0.25, 0.3) is 5.91 Å². The molecule has 2 aromatic rings. The fourth-order valence-corrected chi connectivity index (χ4v) is 5.00. The highest BCUT2D eigenvalue weighted by Gasteiger charge is 2.64. The van der Waals surface area contributed by atoms with Crippen LogP contribution in [0, 0.1) is 5.92 Å². The van der Waals surface area contributed by atoms with Gasteiger partial charge in [0.05, 0.1) is 15.9 Å². The van der Waals surface area contributed by atoms with Gasteiger partial charge in [-0.15, -0.1) is 0 Å². The number of carbonyl (C=O) groups is 1. The molecular formula is C21H22F3N3O5S. The molecule has 0 spiro atoms. The van der Waals surface area contributed by atoms with E-state index in [9.17, 15) is 26.4 Å². The highest BCUT2D eigenvalue weighted by molar-refractivity contribution is 7.90. The number of amides is 1. The molecule has 2 aliphatic carbocycles. The summed E-state index contributed by atoms with van der Waals surface area (Å²) in [5, 5.41) is 4.12. The Labute approximate surface area is 188 Å². The Hall–Kier alpha value is -2.63. The average Bonchev–Trinajstić information content (AvgIpc) is 3.61. The van der Waals surface area contributed by atoms with Gasteiger partial charge in [-0.3, -0.25) is 4.79 Å². The van der Waals surface area contributed by atoms with Gasteiger partial charge in [-0.25, -0.2) is 8.42 Å². The maximum Gasteiger partial charge on any atom is 0.425 e. The summed E-state index contributed by atoms with van der Waals surface area (Å²) in [4.78, 5) is 19.2. The molecule has 1 amide bonds. The van der Waals surface area contributed by atoms with Gasteiger partial charge in [0.2, 0.25) is 5.89 Å². The van der Waals surface area contributed by atoms with Gasteiger partial charge in [-0.05, 0) is 50.3 Å². The quantitative estimate of drug-likeness (QED) is 0.620. The second-order valence-electron chi connectivity index (χ2n) is 9.21. The largest absolute Gasteiger partial charge is 0.480 e. The molecule has 1 aliphatic heterocycles. The molecule has 178 valence electrons. The Kier molecular flexibility index (Phi) is 4.83. The van der Waals surface area contributed by atoms with Gasteiger partial charge in [-0.2, -0.15) is 18.2 Å². The predicted molar refractivity (Wildman–Crippen MR) is 108 cm³/mol. The summed E-state index contributed by atoms with van der Waals surface area (Å²) in [6.07, 6.45) is -3.04. The summed E-state index contributed by atoms with van der Waals surface area (Å²) in [5.41, 5.74) is -0.654. The Morgan fingerprint density at radius 2 is 2.06 bits per heavy atom. The fraction of sp³-hybridized carbons (Fsp3) is 0.571. The Bertz CT molecular complexity index is 1220. The standard InChI is InChI=1S/C21H22F3N3O5S/c1-11(21(22,23)24)31-16-6-5-14(33(2,29)30)7-15(16)18(28)27-9-13-8-20(13,10-27)19-25-17(32-26-19)12-3-4-12/h5-7,11-13H,3-4,8-10H2,1-2H3/t11-,13?,20+/m1/s1. The van der Waals surface area contributed by atoms with Crippen molar-refractivity contribution in [3.8, 4) is 5.75 Å². The van der Waals surface area contributed by atoms with Gasteiger partial charge < -0.3 is 14.2 Å². The van der Waals surface area contributed by atoms with E-state index in [-0.39, 0.29) is 28.7 Å². The van der Waals surface area contributed by atoms with E-state index in [0.29, 0.717) is 24.2 Å². The maximum absolute atomic E-state index is 13.3. The lowest BCUT2D eigenvalue weighted by Crippen LogP contribution is -2.35. The molecule has 2 saturated carbocycles. The molecule has 0 N–H and O–H groups in total. The summed E-state index contributed by atoms with van der Waals surface area (Å²) in [7, 11) is -3.69. The maximum atomic E-state index is 13.3. The number of hydrogen-bond acceptors (Lipinski definition) is 7. The molecule has 1 aromatic heterocycles. The lowest BCUT2D eigenvalue weighted by atomic mass is 10.1. The zero-order chi connectivity index (χ0) is 23.8. The Balaban J connectivity index is 1.42. The Morgan fingerprint density at radius 3 is 2.70 bits per heavy atom. The number of likely N-dealkylation sites (tertiary alicyclic amines) is 1. The van der Waals surface area contributed by atoms with Crippen molar-refractivity contribution in [2.24, 2.45) is 5.92 Å². The van der Waals surface area contributed by atoms with Crippen LogP contribution in [0.1, 0.15) is 54.2 Å². The first kappa shape index (κ1) is 22.2. The van der Waals surface area contributed by atoms with Crippen molar-refractivity contribution in [2.75, 3.05) is 19.3 Å². The van der Waals surface area contributed by atoms with Crippen molar-refractivity contribution in [1.29, 1.82) is 0 Å². The monoisotopic (exact) mass is 485 g/mol. The van der Waals surface area contributed by atoms with Crippen molar-refractivity contribution < 1.29 is 35.6 Å². The number of aromatic nitrogens is 2. The van der Waals surface area contributed by atoms with E-state index in [2.05, 4.69) is 10.1 Å². The normalized spacial score (nSPS) is 25.6. The molecular weight excluding hydrogens is 463 g/mol. The third-order valence-corrected chi connectivity index (χ3v) is 7.73. The van der Waals surface area contributed by atoms with Crippen molar-refractivity contribution in [1.82, 2.24) is 15.0 Å². The first-order valence-corrected chi connectivity index (χ1v) is 12.5. The van der Waals surface area contributed by atoms with Gasteiger partial charge in [0, 0.05) is 25.3 Å². The number of alkyl halides is 3. The molecule has 1 unspecified atom stereocenters. The number of piperidine rings is 1. The summed E-state index contributed by atoms with van der Waals surface area (Å²) in [6, 6.07) is 3.30. The van der Waals surface area contributed by atoms with Crippen LogP contribution >= 0.6 is 0 Å². The second kappa shape index (κ2) is 7.18. The molecule has 33 heavy (non-hydrogen) atoms. The van der Waals surface area contributed by atoms with Crippen LogP contribution in [-0.2, 0) is 15.3 Å². The molecule has 3 fully saturated rings. The van der Waals surface area contributed by atoms with Gasteiger partial charge >= 0.3 is 6.18 Å². The van der Waals surface area contributed by atoms with Crippen LogP contribution in [0.25, 0.3) is 0 Å². The number of hydrogen-bond donors (Lipinski definition) is 0. The molecule has 0 bridgehead atoms. The van der Waals surface area contributed by atoms with Crippen LogP contribution in [0.5, 0.6) is 5.75 Å². The number of nitrogens with zero attached hydrogens (tertiary/aromatic N) is 3. The Morgan fingerprint density at radius 1 is 1.33 bits per heavy atom. The highest BCUT2D eigenvalue weighted by atomic mass is 32.2. The number of sulfone groups is 1. The lowest BCUT2D eigenvalue weighted by Gasteiger charge is -2.24. The minimum Gasteiger partial charge on any atom is -0.480 e. The van der Waals surface area contributed by atoms with Crippen LogP contribution in [0.2, 0.25) is 0 Å². The third kappa shape index (κ3) is 3.98. The minimum absolute atomic E-state index is 0.114. The van der Waals surface area contributed by atoms with E-state index in [1.165, 1.54) is 4.90 Å². The number of rotatable bonds is 6. The lowest BCUT2D eigenvalue weighted by molar-refractivity contribution is -0.189.